The van der Waals surface area contributed by atoms with E-state index in [0.717, 1.165) is 30.0 Å². The van der Waals surface area contributed by atoms with Crippen LogP contribution in [0.2, 0.25) is 0 Å². The SMILES string of the molecule is O=C1C(Cl)=C(N2CCC(c3cc(-c4ccco4)n[nH]3)CC2)C(=O)c2ccccc21. The van der Waals surface area contributed by atoms with Crippen LogP contribution < -0.4 is 0 Å². The summed E-state index contributed by atoms with van der Waals surface area (Å²) in [6, 6.07) is 12.6. The summed E-state index contributed by atoms with van der Waals surface area (Å²) in [5.74, 6) is 0.566. The van der Waals surface area contributed by atoms with Gasteiger partial charge in [0.2, 0.25) is 11.6 Å². The maximum Gasteiger partial charge on any atom is 0.211 e. The first-order valence-electron chi connectivity index (χ1n) is 9.56. The van der Waals surface area contributed by atoms with E-state index in [-0.39, 0.29) is 16.6 Å². The van der Waals surface area contributed by atoms with Gasteiger partial charge in [-0.25, -0.2) is 0 Å². The average Bonchev–Trinajstić information content (AvgIpc) is 3.45. The van der Waals surface area contributed by atoms with Crippen molar-refractivity contribution < 1.29 is 14.0 Å². The Balaban J connectivity index is 1.34. The van der Waals surface area contributed by atoms with Crippen molar-refractivity contribution >= 4 is 23.2 Å². The molecule has 1 N–H and O–H groups in total. The lowest BCUT2D eigenvalue weighted by Gasteiger charge is -2.35. The standard InChI is InChI=1S/C22H18ClN3O3/c23-19-20(22(28)15-5-2-1-4-14(15)21(19)27)26-9-7-13(8-10-26)16-12-17(25-24-16)18-6-3-11-29-18/h1-6,11-13H,7-10H2,(H,24,25). The van der Waals surface area contributed by atoms with Crippen molar-refractivity contribution in [3.8, 4) is 11.5 Å². The third-order valence-electron chi connectivity index (χ3n) is 5.66. The Morgan fingerprint density at radius 3 is 2.45 bits per heavy atom. The van der Waals surface area contributed by atoms with Crippen LogP contribution in [0.1, 0.15) is 45.2 Å². The highest BCUT2D eigenvalue weighted by Gasteiger charge is 2.36. The number of aromatic amines is 1. The molecule has 2 aliphatic rings. The third kappa shape index (κ3) is 3.00. The van der Waals surface area contributed by atoms with Gasteiger partial charge in [0.15, 0.2) is 5.76 Å². The van der Waals surface area contributed by atoms with Crippen LogP contribution in [0.5, 0.6) is 0 Å². The van der Waals surface area contributed by atoms with Crippen molar-refractivity contribution in [3.05, 3.63) is 76.3 Å². The van der Waals surface area contributed by atoms with E-state index in [1.165, 1.54) is 0 Å². The average molecular weight is 408 g/mol. The number of hydrogen-bond donors (Lipinski definition) is 1. The predicted octanol–water partition coefficient (Wildman–Crippen LogP) is 4.38. The Hall–Kier alpha value is -3.12. The zero-order chi connectivity index (χ0) is 20.0. The normalized spacial score (nSPS) is 17.8. The van der Waals surface area contributed by atoms with Gasteiger partial charge in [0.05, 0.1) is 6.26 Å². The van der Waals surface area contributed by atoms with Gasteiger partial charge in [-0.2, -0.15) is 5.10 Å². The van der Waals surface area contributed by atoms with Crippen LogP contribution in [0.3, 0.4) is 0 Å². The molecule has 1 aromatic carbocycles. The summed E-state index contributed by atoms with van der Waals surface area (Å²) in [5, 5.41) is 7.47. The number of furan rings is 1. The van der Waals surface area contributed by atoms with E-state index in [9.17, 15) is 9.59 Å². The van der Waals surface area contributed by atoms with E-state index in [2.05, 4.69) is 10.2 Å². The van der Waals surface area contributed by atoms with Crippen molar-refractivity contribution in [3.63, 3.8) is 0 Å². The van der Waals surface area contributed by atoms with Crippen LogP contribution >= 0.6 is 11.6 Å². The maximum atomic E-state index is 13.0. The summed E-state index contributed by atoms with van der Waals surface area (Å²) in [4.78, 5) is 27.6. The summed E-state index contributed by atoms with van der Waals surface area (Å²) in [6.45, 7) is 1.29. The summed E-state index contributed by atoms with van der Waals surface area (Å²) < 4.78 is 5.40. The second kappa shape index (κ2) is 7.04. The molecular formula is C22H18ClN3O3. The number of rotatable bonds is 3. The molecule has 0 amide bonds. The highest BCUT2D eigenvalue weighted by molar-refractivity contribution is 6.49. The van der Waals surface area contributed by atoms with Gasteiger partial charge in [0, 0.05) is 35.8 Å². The predicted molar refractivity (Wildman–Crippen MR) is 108 cm³/mol. The lowest BCUT2D eigenvalue weighted by atomic mass is 9.89. The lowest BCUT2D eigenvalue weighted by Crippen LogP contribution is -2.38. The fourth-order valence-corrected chi connectivity index (χ4v) is 4.43. The number of ketones is 2. The van der Waals surface area contributed by atoms with Gasteiger partial charge < -0.3 is 9.32 Å². The fourth-order valence-electron chi connectivity index (χ4n) is 4.12. The Morgan fingerprint density at radius 2 is 1.76 bits per heavy atom. The number of piperidine rings is 1. The minimum Gasteiger partial charge on any atom is -0.463 e. The van der Waals surface area contributed by atoms with Crippen molar-refractivity contribution in [1.29, 1.82) is 0 Å². The van der Waals surface area contributed by atoms with E-state index >= 15 is 0 Å². The molecule has 3 aromatic rings. The first-order valence-corrected chi connectivity index (χ1v) is 9.93. The Kier molecular flexibility index (Phi) is 4.36. The number of likely N-dealkylation sites (tertiary alicyclic amines) is 1. The van der Waals surface area contributed by atoms with E-state index < -0.39 is 0 Å². The van der Waals surface area contributed by atoms with Gasteiger partial charge in [0.1, 0.15) is 16.4 Å². The van der Waals surface area contributed by atoms with Crippen LogP contribution in [0.4, 0.5) is 0 Å². The van der Waals surface area contributed by atoms with Crippen LogP contribution in [0.15, 0.2) is 63.9 Å². The minimum absolute atomic E-state index is 0.0220. The van der Waals surface area contributed by atoms with E-state index in [4.69, 9.17) is 16.0 Å². The van der Waals surface area contributed by atoms with Gasteiger partial charge in [0.25, 0.3) is 0 Å². The topological polar surface area (TPSA) is 79.2 Å². The molecule has 0 unspecified atom stereocenters. The van der Waals surface area contributed by atoms with Crippen LogP contribution in [-0.2, 0) is 0 Å². The molecule has 146 valence electrons. The number of nitrogens with zero attached hydrogens (tertiary/aromatic N) is 2. The summed E-state index contributed by atoms with van der Waals surface area (Å²) in [6.07, 6.45) is 3.29. The molecule has 0 atom stereocenters. The molecule has 7 heteroatoms. The fraction of sp³-hybridized carbons (Fsp3) is 0.227. The monoisotopic (exact) mass is 407 g/mol. The van der Waals surface area contributed by atoms with Crippen molar-refractivity contribution in [2.24, 2.45) is 0 Å². The van der Waals surface area contributed by atoms with Gasteiger partial charge in [-0.15, -0.1) is 0 Å². The highest BCUT2D eigenvalue weighted by Crippen LogP contribution is 2.35. The number of aromatic nitrogens is 2. The molecule has 1 aliphatic heterocycles. The molecular weight excluding hydrogens is 390 g/mol. The van der Waals surface area contributed by atoms with Crippen molar-refractivity contribution in [2.45, 2.75) is 18.8 Å². The molecule has 2 aromatic heterocycles. The Morgan fingerprint density at radius 1 is 1.03 bits per heavy atom. The van der Waals surface area contributed by atoms with Gasteiger partial charge in [-0.1, -0.05) is 35.9 Å². The minimum atomic E-state index is -0.282. The number of nitrogens with one attached hydrogen (secondary N) is 1. The number of carbonyl (C=O) groups excluding carboxylic acids is 2. The summed E-state index contributed by atoms with van der Waals surface area (Å²) >= 11 is 6.34. The quantitative estimate of drug-likeness (QED) is 0.697. The van der Waals surface area contributed by atoms with Crippen molar-refractivity contribution in [2.75, 3.05) is 13.1 Å². The molecule has 1 fully saturated rings. The molecule has 3 heterocycles. The number of hydrogen-bond acceptors (Lipinski definition) is 5. The molecule has 1 saturated heterocycles. The highest BCUT2D eigenvalue weighted by atomic mass is 35.5. The van der Waals surface area contributed by atoms with E-state index in [0.29, 0.717) is 35.8 Å². The van der Waals surface area contributed by atoms with Crippen LogP contribution in [-0.4, -0.2) is 39.8 Å². The summed E-state index contributed by atoms with van der Waals surface area (Å²) in [7, 11) is 0. The smallest absolute Gasteiger partial charge is 0.211 e. The molecule has 0 spiro atoms. The number of fused-ring (bicyclic) bond motifs is 1. The molecule has 29 heavy (non-hydrogen) atoms. The molecule has 0 saturated carbocycles. The Bertz CT molecular complexity index is 1120. The number of halogens is 1. The third-order valence-corrected chi connectivity index (χ3v) is 6.01. The first kappa shape index (κ1) is 17.9. The van der Waals surface area contributed by atoms with Crippen molar-refractivity contribution in [1.82, 2.24) is 15.1 Å². The van der Waals surface area contributed by atoms with E-state index in [1.807, 2.05) is 23.1 Å². The number of H-pyrrole nitrogens is 1. The molecule has 0 radical (unpaired) electrons. The lowest BCUT2D eigenvalue weighted by molar-refractivity contribution is 0.0937. The van der Waals surface area contributed by atoms with Crippen LogP contribution in [0, 0.1) is 0 Å². The first-order chi connectivity index (χ1) is 14.1. The van der Waals surface area contributed by atoms with Gasteiger partial charge in [-0.3, -0.25) is 14.7 Å². The van der Waals surface area contributed by atoms with Gasteiger partial charge in [-0.05, 0) is 31.0 Å². The zero-order valence-electron chi connectivity index (χ0n) is 15.5. The molecule has 1 aliphatic carbocycles. The maximum absolute atomic E-state index is 13.0. The number of allylic oxidation sites excluding steroid dienone is 2. The Labute approximate surface area is 172 Å². The molecule has 0 bridgehead atoms. The largest absolute Gasteiger partial charge is 0.463 e. The zero-order valence-corrected chi connectivity index (χ0v) is 16.3. The number of benzene rings is 1. The van der Waals surface area contributed by atoms with Crippen LogP contribution in [0.25, 0.3) is 11.5 Å². The second-order valence-corrected chi connectivity index (χ2v) is 7.69. The molecule has 6 nitrogen and oxygen atoms in total. The summed E-state index contributed by atoms with van der Waals surface area (Å²) in [5.41, 5.74) is 2.96. The molecule has 5 rings (SSSR count). The van der Waals surface area contributed by atoms with E-state index in [1.54, 1.807) is 30.5 Å². The number of carbonyl (C=O) groups is 2. The van der Waals surface area contributed by atoms with Gasteiger partial charge >= 0.3 is 0 Å². The second-order valence-electron chi connectivity index (χ2n) is 7.31. The number of Topliss-reactive ketones (excluding diaryl/α,β-unsaturated/α-hetero) is 2.